The molecule has 0 saturated carbocycles. The molecule has 1 aromatic heterocycles. The fourth-order valence-electron chi connectivity index (χ4n) is 3.39. The van der Waals surface area contributed by atoms with E-state index in [-0.39, 0.29) is 0 Å². The quantitative estimate of drug-likeness (QED) is 0.391. The topological polar surface area (TPSA) is 90.7 Å². The first-order valence-electron chi connectivity index (χ1n) is 8.22. The lowest BCUT2D eigenvalue weighted by molar-refractivity contribution is 0.356. The van der Waals surface area contributed by atoms with Crippen LogP contribution in [0.4, 0.5) is 11.5 Å². The summed E-state index contributed by atoms with van der Waals surface area (Å²) in [6, 6.07) is 12.2. The third-order valence-corrected chi connectivity index (χ3v) is 4.69. The van der Waals surface area contributed by atoms with E-state index >= 15 is 0 Å². The summed E-state index contributed by atoms with van der Waals surface area (Å²) in [5.74, 6) is 2.32. The second-order valence-electron chi connectivity index (χ2n) is 6.15. The molecule has 130 valence electrons. The number of nitrogens with one attached hydrogen (secondary N) is 4. The van der Waals surface area contributed by atoms with E-state index in [0.717, 1.165) is 50.2 Å². The van der Waals surface area contributed by atoms with Gasteiger partial charge in [-0.1, -0.05) is 0 Å². The van der Waals surface area contributed by atoms with Crippen LogP contribution in [0, 0.1) is 0 Å². The first kappa shape index (κ1) is 14.7. The highest BCUT2D eigenvalue weighted by atomic mass is 16.5. The average Bonchev–Trinajstić information content (AvgIpc) is 3.36. The van der Waals surface area contributed by atoms with E-state index in [1.807, 2.05) is 36.5 Å². The number of anilines is 2. The van der Waals surface area contributed by atoms with Crippen LogP contribution in [0.2, 0.25) is 0 Å². The second-order valence-corrected chi connectivity index (χ2v) is 6.15. The summed E-state index contributed by atoms with van der Waals surface area (Å²) in [4.78, 5) is 0. The lowest BCUT2D eigenvalue weighted by Gasteiger charge is -2.07. The third kappa shape index (κ3) is 2.10. The zero-order chi connectivity index (χ0) is 17.7. The van der Waals surface area contributed by atoms with E-state index in [4.69, 9.17) is 9.47 Å². The highest BCUT2D eigenvalue weighted by Gasteiger charge is 2.19. The smallest absolute Gasteiger partial charge is 0.161 e. The van der Waals surface area contributed by atoms with Gasteiger partial charge in [0.2, 0.25) is 0 Å². The van der Waals surface area contributed by atoms with Crippen molar-refractivity contribution in [1.29, 1.82) is 0 Å². The van der Waals surface area contributed by atoms with E-state index in [1.165, 1.54) is 0 Å². The molecule has 1 aliphatic carbocycles. The summed E-state index contributed by atoms with van der Waals surface area (Å²) in [7, 11) is 3.29. The van der Waals surface area contributed by atoms with Crippen LogP contribution in [0.25, 0.3) is 32.9 Å². The lowest BCUT2D eigenvalue weighted by atomic mass is 10.2. The molecule has 7 nitrogen and oxygen atoms in total. The largest absolute Gasteiger partial charge is 0.493 e. The number of fused-ring (bicyclic) bond motifs is 4. The van der Waals surface area contributed by atoms with Gasteiger partial charge in [0, 0.05) is 22.0 Å². The third-order valence-electron chi connectivity index (χ3n) is 4.69. The number of hydrogen-bond donors (Lipinski definition) is 4. The highest BCUT2D eigenvalue weighted by Crippen LogP contribution is 2.42. The summed E-state index contributed by atoms with van der Waals surface area (Å²) in [6.45, 7) is 0. The summed E-state index contributed by atoms with van der Waals surface area (Å²) < 4.78 is 10.8. The van der Waals surface area contributed by atoms with Gasteiger partial charge in [0.05, 0.1) is 31.6 Å². The molecule has 7 heteroatoms. The molecular weight excluding hydrogens is 330 g/mol. The van der Waals surface area contributed by atoms with E-state index in [2.05, 4.69) is 31.8 Å². The van der Waals surface area contributed by atoms with Crippen molar-refractivity contribution in [2.75, 3.05) is 19.5 Å². The van der Waals surface area contributed by atoms with E-state index < -0.39 is 0 Å². The van der Waals surface area contributed by atoms with Gasteiger partial charge in [0.25, 0.3) is 0 Å². The fraction of sp³-hybridized carbons (Fsp3) is 0.105. The van der Waals surface area contributed by atoms with Crippen LogP contribution in [0.5, 0.6) is 11.5 Å². The Bertz CT molecular complexity index is 1200. The van der Waals surface area contributed by atoms with Crippen LogP contribution in [0.3, 0.4) is 0 Å². The van der Waals surface area contributed by atoms with Gasteiger partial charge in [0.15, 0.2) is 11.5 Å². The molecule has 26 heavy (non-hydrogen) atoms. The van der Waals surface area contributed by atoms with Crippen molar-refractivity contribution in [3.8, 4) is 22.8 Å². The summed E-state index contributed by atoms with van der Waals surface area (Å²) in [6.07, 6.45) is 1.81. The number of nitrogens with zero attached hydrogens (tertiary/aromatic N) is 1. The number of aromatic nitrogens is 4. The Morgan fingerprint density at radius 2 is 1.77 bits per heavy atom. The van der Waals surface area contributed by atoms with Gasteiger partial charge >= 0.3 is 0 Å². The standard InChI is InChI=1S/C19H17N5O2/c1-25-16-6-11-5-14-18(13(11)8-17(16)26-2)23-24-19(14)21-12-4-3-10-9-20-22-15(10)7-12/h3-9,21,23-24H,1-2H3,(H,20,22). The van der Waals surface area contributed by atoms with E-state index in [1.54, 1.807) is 14.2 Å². The van der Waals surface area contributed by atoms with Crippen molar-refractivity contribution >= 4 is 33.2 Å². The molecule has 0 saturated heterocycles. The molecule has 0 spiro atoms. The Kier molecular flexibility index (Phi) is 3.08. The van der Waals surface area contributed by atoms with Crippen LogP contribution in [-0.2, 0) is 0 Å². The Balaban J connectivity index is 1.58. The van der Waals surface area contributed by atoms with Gasteiger partial charge in [-0.2, -0.15) is 5.10 Å². The Morgan fingerprint density at radius 1 is 0.923 bits per heavy atom. The zero-order valence-electron chi connectivity index (χ0n) is 14.3. The highest BCUT2D eigenvalue weighted by molar-refractivity contribution is 6.05. The first-order valence-corrected chi connectivity index (χ1v) is 8.22. The summed E-state index contributed by atoms with van der Waals surface area (Å²) in [5, 5.41) is 20.2. The number of methoxy groups -OCH3 is 2. The number of benzene rings is 2. The molecule has 2 aromatic carbocycles. The van der Waals surface area contributed by atoms with Gasteiger partial charge in [-0.25, -0.2) is 0 Å². The van der Waals surface area contributed by atoms with E-state index in [0.29, 0.717) is 5.75 Å². The Labute approximate surface area is 148 Å². The van der Waals surface area contributed by atoms with Crippen molar-refractivity contribution in [3.05, 3.63) is 42.6 Å². The fourth-order valence-corrected chi connectivity index (χ4v) is 3.39. The molecule has 5 rings (SSSR count). The minimum atomic E-state index is 0.710. The number of ether oxygens (including phenoxy) is 2. The molecule has 0 bridgehead atoms. The van der Waals surface area contributed by atoms with Crippen molar-refractivity contribution in [2.45, 2.75) is 0 Å². The molecule has 2 heterocycles. The number of hydrogen-bond acceptors (Lipinski definition) is 4. The predicted molar refractivity (Wildman–Crippen MR) is 102 cm³/mol. The summed E-state index contributed by atoms with van der Waals surface area (Å²) in [5.41, 5.74) is 4.05. The second kappa shape index (κ2) is 5.45. The van der Waals surface area contributed by atoms with Crippen molar-refractivity contribution in [1.82, 2.24) is 20.4 Å². The molecule has 1 aliphatic heterocycles. The predicted octanol–water partition coefficient (Wildman–Crippen LogP) is 4.24. The maximum Gasteiger partial charge on any atom is 0.161 e. The minimum Gasteiger partial charge on any atom is -0.493 e. The minimum absolute atomic E-state index is 0.710. The molecular formula is C19H17N5O2. The van der Waals surface area contributed by atoms with Crippen LogP contribution in [-0.4, -0.2) is 34.6 Å². The maximum absolute atomic E-state index is 5.42. The summed E-state index contributed by atoms with van der Waals surface area (Å²) >= 11 is 0. The van der Waals surface area contributed by atoms with Crippen molar-refractivity contribution < 1.29 is 9.47 Å². The van der Waals surface area contributed by atoms with Crippen molar-refractivity contribution in [3.63, 3.8) is 0 Å². The molecule has 4 N–H and O–H groups in total. The number of aromatic amines is 3. The van der Waals surface area contributed by atoms with Crippen LogP contribution >= 0.6 is 0 Å². The maximum atomic E-state index is 5.42. The molecule has 0 radical (unpaired) electrons. The normalized spacial score (nSPS) is 11.5. The van der Waals surface area contributed by atoms with Gasteiger partial charge in [-0.3, -0.25) is 15.3 Å². The van der Waals surface area contributed by atoms with Crippen LogP contribution in [0.15, 0.2) is 42.6 Å². The Hall–Kier alpha value is -3.61. The SMILES string of the molecule is COc1cc2cc3c(Nc4ccc5cn[nH]c5c4)[nH][nH]c-3c2cc1OC. The first-order chi connectivity index (χ1) is 12.8. The van der Waals surface area contributed by atoms with Crippen LogP contribution in [0.1, 0.15) is 0 Å². The lowest BCUT2D eigenvalue weighted by Crippen LogP contribution is -1.91. The van der Waals surface area contributed by atoms with Gasteiger partial charge in [-0.15, -0.1) is 0 Å². The molecule has 0 atom stereocenters. The van der Waals surface area contributed by atoms with Crippen LogP contribution < -0.4 is 14.8 Å². The molecule has 0 fully saturated rings. The Morgan fingerprint density at radius 3 is 2.62 bits per heavy atom. The monoisotopic (exact) mass is 347 g/mol. The molecule has 3 aromatic rings. The van der Waals surface area contributed by atoms with Gasteiger partial charge in [-0.05, 0) is 41.8 Å². The zero-order valence-corrected chi connectivity index (χ0v) is 14.3. The molecule has 0 amide bonds. The van der Waals surface area contributed by atoms with Gasteiger partial charge < -0.3 is 14.8 Å². The number of rotatable bonds is 4. The van der Waals surface area contributed by atoms with Gasteiger partial charge in [0.1, 0.15) is 5.82 Å². The number of H-pyrrole nitrogens is 3. The molecule has 2 aliphatic rings. The van der Waals surface area contributed by atoms with Crippen molar-refractivity contribution in [2.24, 2.45) is 0 Å². The molecule has 0 unspecified atom stereocenters. The average molecular weight is 347 g/mol. The van der Waals surface area contributed by atoms with E-state index in [9.17, 15) is 0 Å².